The summed E-state index contributed by atoms with van der Waals surface area (Å²) in [4.78, 5) is 26.0. The van der Waals surface area contributed by atoms with Crippen molar-refractivity contribution in [2.75, 3.05) is 24.6 Å². The van der Waals surface area contributed by atoms with Crippen molar-refractivity contribution in [2.24, 2.45) is 0 Å². The lowest BCUT2D eigenvalue weighted by molar-refractivity contribution is -0.129. The van der Waals surface area contributed by atoms with Crippen molar-refractivity contribution in [3.8, 4) is 0 Å². The average molecular weight is 383 g/mol. The van der Waals surface area contributed by atoms with Gasteiger partial charge < -0.3 is 4.90 Å². The summed E-state index contributed by atoms with van der Waals surface area (Å²) in [6.07, 6.45) is 7.14. The molecule has 0 heterocycles. The Hall–Kier alpha value is -1.89. The highest BCUT2D eigenvalue weighted by Crippen LogP contribution is 2.13. The van der Waals surface area contributed by atoms with Crippen LogP contribution in [0.1, 0.15) is 62.2 Å². The van der Waals surface area contributed by atoms with Crippen molar-refractivity contribution in [3.63, 3.8) is 0 Å². The number of hydrogen-bond donors (Lipinski definition) is 1. The van der Waals surface area contributed by atoms with Crippen LogP contribution in [0.5, 0.6) is 0 Å². The van der Waals surface area contributed by atoms with Crippen LogP contribution in [0.25, 0.3) is 0 Å². The smallest absolute Gasteiger partial charge is 0.229 e. The van der Waals surface area contributed by atoms with Crippen LogP contribution in [0.3, 0.4) is 0 Å². The minimum absolute atomic E-state index is 0.0239. The van der Waals surface area contributed by atoms with Gasteiger partial charge in [0.15, 0.2) is 5.78 Å². The van der Waals surface area contributed by atoms with Gasteiger partial charge in [0.05, 0.1) is 6.26 Å². The van der Waals surface area contributed by atoms with E-state index in [-0.39, 0.29) is 24.5 Å². The van der Waals surface area contributed by atoms with E-state index in [0.717, 1.165) is 25.6 Å². The van der Waals surface area contributed by atoms with Crippen LogP contribution < -0.4 is 4.72 Å². The lowest BCUT2D eigenvalue weighted by atomic mass is 10.1. The fraction of sp³-hybridized carbons (Fsp3) is 0.579. The molecule has 26 heavy (non-hydrogen) atoms. The maximum absolute atomic E-state index is 12.2. The quantitative estimate of drug-likeness (QED) is 0.443. The lowest BCUT2D eigenvalue weighted by Crippen LogP contribution is -2.28. The summed E-state index contributed by atoms with van der Waals surface area (Å²) < 4.78 is 24.7. The molecule has 0 unspecified atom stereocenters. The van der Waals surface area contributed by atoms with E-state index in [2.05, 4.69) is 11.6 Å². The first-order valence-corrected chi connectivity index (χ1v) is 11.0. The molecule has 0 fully saturated rings. The van der Waals surface area contributed by atoms with Gasteiger partial charge in [-0.05, 0) is 30.7 Å². The molecule has 7 heteroatoms. The Balaban J connectivity index is 2.39. The number of unbranched alkanes of at least 4 members (excludes halogenated alkanes) is 4. The van der Waals surface area contributed by atoms with E-state index in [0.29, 0.717) is 11.3 Å². The molecule has 1 aromatic rings. The molecule has 1 aromatic carbocycles. The third-order valence-electron chi connectivity index (χ3n) is 4.10. The van der Waals surface area contributed by atoms with E-state index >= 15 is 0 Å². The van der Waals surface area contributed by atoms with Crippen molar-refractivity contribution in [1.82, 2.24) is 4.90 Å². The SMILES string of the molecule is CCCCCCCN(C)C(=O)CCC(=O)c1ccc(NS(C)(=O)=O)cc1. The second-order valence-corrected chi connectivity index (χ2v) is 8.35. The molecule has 146 valence electrons. The van der Waals surface area contributed by atoms with Gasteiger partial charge in [-0.3, -0.25) is 14.3 Å². The molecular weight excluding hydrogens is 352 g/mol. The van der Waals surface area contributed by atoms with Gasteiger partial charge in [0.2, 0.25) is 15.9 Å². The molecular formula is C19H30N2O4S. The van der Waals surface area contributed by atoms with Gasteiger partial charge in [0.25, 0.3) is 0 Å². The van der Waals surface area contributed by atoms with Gasteiger partial charge >= 0.3 is 0 Å². The van der Waals surface area contributed by atoms with Crippen LogP contribution in [0.2, 0.25) is 0 Å². The zero-order valence-corrected chi connectivity index (χ0v) is 16.8. The van der Waals surface area contributed by atoms with E-state index in [4.69, 9.17) is 0 Å². The molecule has 0 atom stereocenters. The van der Waals surface area contributed by atoms with E-state index < -0.39 is 10.0 Å². The number of ketones is 1. The standard InChI is InChI=1S/C19H30N2O4S/c1-4-5-6-7-8-15-21(2)19(23)14-13-18(22)16-9-11-17(12-10-16)20-26(3,24)25/h9-12,20H,4-8,13-15H2,1-3H3. The average Bonchev–Trinajstić information content (AvgIpc) is 2.58. The summed E-state index contributed by atoms with van der Waals surface area (Å²) in [5.41, 5.74) is 0.877. The normalized spacial score (nSPS) is 11.2. The highest BCUT2D eigenvalue weighted by molar-refractivity contribution is 7.92. The monoisotopic (exact) mass is 382 g/mol. The van der Waals surface area contributed by atoms with Crippen LogP contribution in [0.15, 0.2) is 24.3 Å². The third kappa shape index (κ3) is 8.99. The predicted molar refractivity (Wildman–Crippen MR) is 105 cm³/mol. The number of anilines is 1. The third-order valence-corrected chi connectivity index (χ3v) is 4.71. The van der Waals surface area contributed by atoms with Gasteiger partial charge in [0.1, 0.15) is 0 Å². The Morgan fingerprint density at radius 1 is 1.00 bits per heavy atom. The zero-order valence-electron chi connectivity index (χ0n) is 16.0. The molecule has 0 aromatic heterocycles. The number of Topliss-reactive ketones (excluding diaryl/α,β-unsaturated/α-hetero) is 1. The number of benzene rings is 1. The molecule has 6 nitrogen and oxygen atoms in total. The summed E-state index contributed by atoms with van der Waals surface area (Å²) >= 11 is 0. The fourth-order valence-electron chi connectivity index (χ4n) is 2.57. The first-order valence-electron chi connectivity index (χ1n) is 9.08. The topological polar surface area (TPSA) is 83.6 Å². The number of nitrogens with one attached hydrogen (secondary N) is 1. The van der Waals surface area contributed by atoms with Crippen LogP contribution in [-0.4, -0.2) is 44.9 Å². The number of nitrogens with zero attached hydrogens (tertiary/aromatic N) is 1. The van der Waals surface area contributed by atoms with E-state index in [1.54, 1.807) is 36.2 Å². The Morgan fingerprint density at radius 2 is 1.62 bits per heavy atom. The number of carbonyl (C=O) groups excluding carboxylic acids is 2. The summed E-state index contributed by atoms with van der Waals surface area (Å²) in [5.74, 6) is -0.148. The summed E-state index contributed by atoms with van der Waals surface area (Å²) in [6, 6.07) is 6.21. The highest BCUT2D eigenvalue weighted by atomic mass is 32.2. The molecule has 0 aliphatic heterocycles. The van der Waals surface area contributed by atoms with E-state index in [1.165, 1.54) is 19.3 Å². The first kappa shape index (κ1) is 22.2. The minimum Gasteiger partial charge on any atom is -0.346 e. The Labute approximate surface area is 157 Å². The molecule has 1 amide bonds. The maximum Gasteiger partial charge on any atom is 0.229 e. The summed E-state index contributed by atoms with van der Waals surface area (Å²) in [5, 5.41) is 0. The van der Waals surface area contributed by atoms with Crippen LogP contribution >= 0.6 is 0 Å². The fourth-order valence-corrected chi connectivity index (χ4v) is 3.14. The second-order valence-electron chi connectivity index (χ2n) is 6.60. The van der Waals surface area contributed by atoms with Crippen molar-refractivity contribution < 1.29 is 18.0 Å². The van der Waals surface area contributed by atoms with Crippen LogP contribution in [0, 0.1) is 0 Å². The molecule has 0 aliphatic rings. The zero-order chi connectivity index (χ0) is 19.6. The Kier molecular flexibility index (Phi) is 9.34. The van der Waals surface area contributed by atoms with Crippen LogP contribution in [-0.2, 0) is 14.8 Å². The number of amides is 1. The van der Waals surface area contributed by atoms with Crippen molar-refractivity contribution >= 4 is 27.4 Å². The second kappa shape index (κ2) is 11.0. The molecule has 0 aliphatic carbocycles. The molecule has 0 bridgehead atoms. The van der Waals surface area contributed by atoms with Gasteiger partial charge in [-0.1, -0.05) is 32.6 Å². The molecule has 0 saturated heterocycles. The van der Waals surface area contributed by atoms with E-state index in [9.17, 15) is 18.0 Å². The Morgan fingerprint density at radius 3 is 2.19 bits per heavy atom. The predicted octanol–water partition coefficient (Wildman–Crippen LogP) is 3.45. The number of carbonyl (C=O) groups is 2. The highest BCUT2D eigenvalue weighted by Gasteiger charge is 2.13. The van der Waals surface area contributed by atoms with Gasteiger partial charge in [0, 0.05) is 37.7 Å². The molecule has 0 spiro atoms. The van der Waals surface area contributed by atoms with Crippen molar-refractivity contribution in [3.05, 3.63) is 29.8 Å². The molecule has 1 rings (SSSR count). The Bertz CT molecular complexity index is 684. The largest absolute Gasteiger partial charge is 0.346 e. The van der Waals surface area contributed by atoms with Crippen molar-refractivity contribution in [2.45, 2.75) is 51.9 Å². The van der Waals surface area contributed by atoms with Crippen molar-refractivity contribution in [1.29, 1.82) is 0 Å². The number of rotatable bonds is 12. The number of sulfonamides is 1. The van der Waals surface area contributed by atoms with E-state index in [1.807, 2.05) is 0 Å². The lowest BCUT2D eigenvalue weighted by Gasteiger charge is -2.16. The van der Waals surface area contributed by atoms with Gasteiger partial charge in [-0.15, -0.1) is 0 Å². The summed E-state index contributed by atoms with van der Waals surface area (Å²) in [6.45, 7) is 2.89. The summed E-state index contributed by atoms with van der Waals surface area (Å²) in [7, 11) is -1.56. The number of hydrogen-bond acceptors (Lipinski definition) is 4. The van der Waals surface area contributed by atoms with Gasteiger partial charge in [-0.2, -0.15) is 0 Å². The first-order chi connectivity index (χ1) is 12.2. The van der Waals surface area contributed by atoms with Gasteiger partial charge in [-0.25, -0.2) is 8.42 Å². The molecule has 0 saturated carbocycles. The maximum atomic E-state index is 12.2. The molecule has 0 radical (unpaired) electrons. The van der Waals surface area contributed by atoms with Crippen LogP contribution in [0.4, 0.5) is 5.69 Å². The molecule has 1 N–H and O–H groups in total. The minimum atomic E-state index is -3.34.